The van der Waals surface area contributed by atoms with Crippen molar-refractivity contribution in [3.8, 4) is 0 Å². The lowest BCUT2D eigenvalue weighted by Crippen LogP contribution is -2.43. The first-order valence-corrected chi connectivity index (χ1v) is 5.95. The molecule has 18 heavy (non-hydrogen) atoms. The number of para-hydroxylation sites is 1. The minimum atomic E-state index is -0.610. The summed E-state index contributed by atoms with van der Waals surface area (Å²) in [5.74, 6) is -0.310. The number of rotatable bonds is 0. The number of fused-ring (bicyclic) bond motifs is 2. The summed E-state index contributed by atoms with van der Waals surface area (Å²) in [5.41, 5.74) is 1.15. The number of nitrogens with zero attached hydrogens (tertiary/aromatic N) is 2. The van der Waals surface area contributed by atoms with E-state index in [0.29, 0.717) is 17.7 Å². The summed E-state index contributed by atoms with van der Waals surface area (Å²) in [4.78, 5) is 27.7. The van der Waals surface area contributed by atoms with Crippen LogP contribution in [0.15, 0.2) is 24.3 Å². The fraction of sp³-hybridized carbons (Fsp3) is 0.385. The fourth-order valence-electron chi connectivity index (χ4n) is 2.72. The Labute approximate surface area is 105 Å². The van der Waals surface area contributed by atoms with Gasteiger partial charge in [0.05, 0.1) is 17.4 Å². The first-order chi connectivity index (χ1) is 8.59. The molecular weight excluding hydrogens is 232 g/mol. The highest BCUT2D eigenvalue weighted by molar-refractivity contribution is 6.11. The average molecular weight is 246 g/mol. The topological polar surface area (TPSA) is 60.9 Å². The van der Waals surface area contributed by atoms with Crippen LogP contribution >= 0.6 is 0 Å². The summed E-state index contributed by atoms with van der Waals surface area (Å²) in [6.07, 6.45) is -0.287. The predicted molar refractivity (Wildman–Crippen MR) is 65.3 cm³/mol. The lowest BCUT2D eigenvalue weighted by Gasteiger charge is -2.22. The number of anilines is 1. The van der Waals surface area contributed by atoms with Gasteiger partial charge in [0.1, 0.15) is 6.04 Å². The van der Waals surface area contributed by atoms with Gasteiger partial charge in [-0.1, -0.05) is 12.1 Å². The fourth-order valence-corrected chi connectivity index (χ4v) is 2.72. The van der Waals surface area contributed by atoms with Gasteiger partial charge in [0.15, 0.2) is 0 Å². The average Bonchev–Trinajstić information content (AvgIpc) is 2.75. The summed E-state index contributed by atoms with van der Waals surface area (Å²) < 4.78 is 0. The highest BCUT2D eigenvalue weighted by atomic mass is 16.3. The van der Waals surface area contributed by atoms with E-state index in [-0.39, 0.29) is 18.4 Å². The van der Waals surface area contributed by atoms with Gasteiger partial charge < -0.3 is 14.9 Å². The Morgan fingerprint density at radius 1 is 1.28 bits per heavy atom. The van der Waals surface area contributed by atoms with Gasteiger partial charge in [-0.3, -0.25) is 9.59 Å². The van der Waals surface area contributed by atoms with Crippen molar-refractivity contribution in [3.05, 3.63) is 29.8 Å². The third-order valence-electron chi connectivity index (χ3n) is 3.65. The predicted octanol–water partition coefficient (Wildman–Crippen LogP) is 0.238. The highest BCUT2D eigenvalue weighted by Crippen LogP contribution is 2.31. The monoisotopic (exact) mass is 246 g/mol. The smallest absolute Gasteiger partial charge is 0.256 e. The number of aliphatic hydroxyl groups is 1. The largest absolute Gasteiger partial charge is 0.391 e. The molecule has 0 aliphatic carbocycles. The van der Waals surface area contributed by atoms with E-state index in [1.165, 1.54) is 9.80 Å². The molecule has 0 spiro atoms. The zero-order valence-corrected chi connectivity index (χ0v) is 10.0. The van der Waals surface area contributed by atoms with Gasteiger partial charge >= 0.3 is 0 Å². The van der Waals surface area contributed by atoms with Crippen molar-refractivity contribution < 1.29 is 14.7 Å². The van der Waals surface area contributed by atoms with E-state index in [1.54, 1.807) is 31.3 Å². The van der Waals surface area contributed by atoms with Crippen molar-refractivity contribution in [2.75, 3.05) is 18.5 Å². The lowest BCUT2D eigenvalue weighted by molar-refractivity contribution is -0.121. The summed E-state index contributed by atoms with van der Waals surface area (Å²) in [5, 5.41) is 9.66. The molecule has 0 bridgehead atoms. The quantitative estimate of drug-likeness (QED) is 0.713. The Balaban J connectivity index is 2.14. The molecule has 2 atom stereocenters. The van der Waals surface area contributed by atoms with Gasteiger partial charge in [0, 0.05) is 20.0 Å². The van der Waals surface area contributed by atoms with Crippen molar-refractivity contribution >= 4 is 17.5 Å². The summed E-state index contributed by atoms with van der Waals surface area (Å²) in [7, 11) is 1.67. The van der Waals surface area contributed by atoms with Crippen LogP contribution in [0.1, 0.15) is 16.8 Å². The first kappa shape index (κ1) is 11.2. The van der Waals surface area contributed by atoms with Crippen molar-refractivity contribution in [2.45, 2.75) is 18.6 Å². The Bertz CT molecular complexity index is 529. The van der Waals surface area contributed by atoms with Gasteiger partial charge in [-0.25, -0.2) is 0 Å². The molecule has 1 aromatic rings. The standard InChI is InChI=1S/C13H14N2O3/c1-14-10-5-3-2-4-9(10)12(17)15-7-8(16)6-11(15)13(14)18/h2-5,8,11,16H,6-7H2,1H3/t8-,11?/m1/s1. The lowest BCUT2D eigenvalue weighted by atomic mass is 10.1. The molecule has 2 aliphatic heterocycles. The second-order valence-corrected chi connectivity index (χ2v) is 4.78. The second-order valence-electron chi connectivity index (χ2n) is 4.78. The van der Waals surface area contributed by atoms with Crippen LogP contribution in [-0.4, -0.2) is 47.6 Å². The zero-order chi connectivity index (χ0) is 12.9. The van der Waals surface area contributed by atoms with E-state index in [1.807, 2.05) is 0 Å². The van der Waals surface area contributed by atoms with Crippen LogP contribution in [0.4, 0.5) is 5.69 Å². The van der Waals surface area contributed by atoms with Gasteiger partial charge in [-0.15, -0.1) is 0 Å². The van der Waals surface area contributed by atoms with Crippen molar-refractivity contribution in [1.82, 2.24) is 4.90 Å². The number of hydrogen-bond donors (Lipinski definition) is 1. The summed E-state index contributed by atoms with van der Waals surface area (Å²) >= 11 is 0. The Morgan fingerprint density at radius 3 is 2.78 bits per heavy atom. The number of carbonyl (C=O) groups excluding carboxylic acids is 2. The Hall–Kier alpha value is -1.88. The van der Waals surface area contributed by atoms with Crippen LogP contribution < -0.4 is 4.90 Å². The maximum atomic E-state index is 12.4. The number of aliphatic hydroxyl groups excluding tert-OH is 1. The summed E-state index contributed by atoms with van der Waals surface area (Å²) in [6.45, 7) is 0.234. The molecule has 94 valence electrons. The molecule has 1 aromatic carbocycles. The van der Waals surface area contributed by atoms with Crippen LogP contribution in [0.25, 0.3) is 0 Å². The maximum Gasteiger partial charge on any atom is 0.256 e. The molecule has 5 heteroatoms. The van der Waals surface area contributed by atoms with Crippen LogP contribution in [0.2, 0.25) is 0 Å². The molecule has 2 heterocycles. The number of carbonyl (C=O) groups is 2. The minimum Gasteiger partial charge on any atom is -0.391 e. The molecule has 1 saturated heterocycles. The number of amides is 2. The zero-order valence-electron chi connectivity index (χ0n) is 10.0. The number of hydrogen-bond acceptors (Lipinski definition) is 3. The molecule has 3 rings (SSSR count). The van der Waals surface area contributed by atoms with Gasteiger partial charge in [-0.2, -0.15) is 0 Å². The molecule has 2 aliphatic rings. The Morgan fingerprint density at radius 2 is 2.00 bits per heavy atom. The van der Waals surface area contributed by atoms with Crippen molar-refractivity contribution in [1.29, 1.82) is 0 Å². The van der Waals surface area contributed by atoms with Gasteiger partial charge in [0.25, 0.3) is 5.91 Å². The molecule has 1 fully saturated rings. The third-order valence-corrected chi connectivity index (χ3v) is 3.65. The van der Waals surface area contributed by atoms with E-state index < -0.39 is 12.1 Å². The molecule has 1 N–H and O–H groups in total. The Kier molecular flexibility index (Phi) is 2.38. The normalized spacial score (nSPS) is 27.0. The van der Waals surface area contributed by atoms with E-state index >= 15 is 0 Å². The second kappa shape index (κ2) is 3.81. The summed E-state index contributed by atoms with van der Waals surface area (Å²) in [6, 6.07) is 6.53. The molecule has 0 aromatic heterocycles. The minimum absolute atomic E-state index is 0.134. The number of benzene rings is 1. The first-order valence-electron chi connectivity index (χ1n) is 5.95. The van der Waals surface area contributed by atoms with Gasteiger partial charge in [-0.05, 0) is 12.1 Å². The van der Waals surface area contributed by atoms with Crippen LogP contribution in [-0.2, 0) is 4.79 Å². The van der Waals surface area contributed by atoms with E-state index in [0.717, 1.165) is 0 Å². The van der Waals surface area contributed by atoms with Crippen LogP contribution in [0.3, 0.4) is 0 Å². The van der Waals surface area contributed by atoms with Crippen molar-refractivity contribution in [2.24, 2.45) is 0 Å². The van der Waals surface area contributed by atoms with Crippen LogP contribution in [0, 0.1) is 0 Å². The molecule has 2 amide bonds. The molecule has 0 radical (unpaired) electrons. The van der Waals surface area contributed by atoms with E-state index in [9.17, 15) is 14.7 Å². The van der Waals surface area contributed by atoms with E-state index in [2.05, 4.69) is 0 Å². The van der Waals surface area contributed by atoms with Crippen molar-refractivity contribution in [3.63, 3.8) is 0 Å². The molecule has 1 unspecified atom stereocenters. The molecule has 5 nitrogen and oxygen atoms in total. The SMILES string of the molecule is CN1C(=O)C2C[C@@H](O)CN2C(=O)c2ccccc21. The van der Waals surface area contributed by atoms with E-state index in [4.69, 9.17) is 0 Å². The maximum absolute atomic E-state index is 12.4. The third kappa shape index (κ3) is 1.44. The number of likely N-dealkylation sites (N-methyl/N-ethyl adjacent to an activating group) is 1. The molecular formula is C13H14N2O3. The highest BCUT2D eigenvalue weighted by Gasteiger charge is 2.43. The molecule has 0 saturated carbocycles. The van der Waals surface area contributed by atoms with Crippen LogP contribution in [0.5, 0.6) is 0 Å². The van der Waals surface area contributed by atoms with Gasteiger partial charge in [0.2, 0.25) is 5.91 Å².